The monoisotopic (exact) mass is 176 g/mol. The second-order valence-electron chi connectivity index (χ2n) is 3.13. The van der Waals surface area contributed by atoms with E-state index in [4.69, 9.17) is 0 Å². The van der Waals surface area contributed by atoms with Crippen molar-refractivity contribution in [3.8, 4) is 0 Å². The third-order valence-electron chi connectivity index (χ3n) is 1.87. The van der Waals surface area contributed by atoms with Gasteiger partial charge < -0.3 is 5.32 Å². The Hall–Kier alpha value is -1.15. The highest BCUT2D eigenvalue weighted by atomic mass is 14.8. The summed E-state index contributed by atoms with van der Waals surface area (Å²) in [4.78, 5) is 4.06. The zero-order valence-corrected chi connectivity index (χ0v) is 8.25. The lowest BCUT2D eigenvalue weighted by atomic mass is 10.1. The third-order valence-corrected chi connectivity index (χ3v) is 1.87. The molecule has 1 heterocycles. The molecule has 2 nitrogen and oxygen atoms in total. The lowest BCUT2D eigenvalue weighted by molar-refractivity contribution is 0.788. The summed E-state index contributed by atoms with van der Waals surface area (Å²) < 4.78 is 0. The highest BCUT2D eigenvalue weighted by Gasteiger charge is 1.90. The molecule has 0 saturated heterocycles. The van der Waals surface area contributed by atoms with Crippen molar-refractivity contribution in [2.45, 2.75) is 13.3 Å². The second-order valence-corrected chi connectivity index (χ2v) is 3.13. The molecule has 13 heavy (non-hydrogen) atoms. The highest BCUT2D eigenvalue weighted by molar-refractivity contribution is 5.50. The molecule has 0 bridgehead atoms. The van der Waals surface area contributed by atoms with Gasteiger partial charge in [0, 0.05) is 12.4 Å². The van der Waals surface area contributed by atoms with E-state index < -0.39 is 0 Å². The minimum absolute atomic E-state index is 1.03. The SMILES string of the molecule is CNCCC(C)=Cc1cccnc1. The number of hydrogen-bond acceptors (Lipinski definition) is 2. The Morgan fingerprint density at radius 1 is 1.62 bits per heavy atom. The standard InChI is InChI=1S/C11H16N2/c1-10(5-7-12-2)8-11-4-3-6-13-9-11/h3-4,6,8-9,12H,5,7H2,1-2H3. The van der Waals surface area contributed by atoms with Crippen molar-refractivity contribution in [2.75, 3.05) is 13.6 Å². The molecule has 1 aromatic heterocycles. The molecule has 0 saturated carbocycles. The van der Waals surface area contributed by atoms with E-state index in [9.17, 15) is 0 Å². The Morgan fingerprint density at radius 2 is 2.46 bits per heavy atom. The van der Waals surface area contributed by atoms with Crippen LogP contribution in [0.15, 0.2) is 30.1 Å². The van der Waals surface area contributed by atoms with Gasteiger partial charge in [-0.15, -0.1) is 0 Å². The van der Waals surface area contributed by atoms with Gasteiger partial charge in [0.1, 0.15) is 0 Å². The first-order valence-electron chi connectivity index (χ1n) is 4.54. The third kappa shape index (κ3) is 3.85. The van der Waals surface area contributed by atoms with Crippen molar-refractivity contribution in [2.24, 2.45) is 0 Å². The van der Waals surface area contributed by atoms with Crippen LogP contribution in [-0.2, 0) is 0 Å². The van der Waals surface area contributed by atoms with Gasteiger partial charge in [-0.1, -0.05) is 17.7 Å². The molecule has 70 valence electrons. The van der Waals surface area contributed by atoms with E-state index >= 15 is 0 Å². The van der Waals surface area contributed by atoms with Crippen molar-refractivity contribution >= 4 is 6.08 Å². The predicted molar refractivity (Wildman–Crippen MR) is 56.4 cm³/mol. The summed E-state index contributed by atoms with van der Waals surface area (Å²) in [7, 11) is 1.97. The van der Waals surface area contributed by atoms with Gasteiger partial charge in [-0.3, -0.25) is 4.98 Å². The Labute approximate surface area is 79.7 Å². The molecule has 0 aliphatic rings. The van der Waals surface area contributed by atoms with E-state index in [0.717, 1.165) is 13.0 Å². The van der Waals surface area contributed by atoms with Gasteiger partial charge in [-0.2, -0.15) is 0 Å². The fourth-order valence-corrected chi connectivity index (χ4v) is 1.14. The first kappa shape index (κ1) is 9.93. The van der Waals surface area contributed by atoms with Crippen molar-refractivity contribution in [1.82, 2.24) is 10.3 Å². The molecule has 1 rings (SSSR count). The van der Waals surface area contributed by atoms with Crippen LogP contribution in [0.1, 0.15) is 18.9 Å². The van der Waals surface area contributed by atoms with Gasteiger partial charge in [-0.05, 0) is 38.6 Å². The van der Waals surface area contributed by atoms with Gasteiger partial charge in [0.25, 0.3) is 0 Å². The lowest BCUT2D eigenvalue weighted by Crippen LogP contribution is -2.07. The van der Waals surface area contributed by atoms with Crippen LogP contribution in [0.5, 0.6) is 0 Å². The van der Waals surface area contributed by atoms with Crippen molar-refractivity contribution in [3.05, 3.63) is 35.7 Å². The van der Waals surface area contributed by atoms with E-state index in [1.165, 1.54) is 11.1 Å². The average Bonchev–Trinajstić information content (AvgIpc) is 2.16. The van der Waals surface area contributed by atoms with Crippen molar-refractivity contribution < 1.29 is 0 Å². The van der Waals surface area contributed by atoms with E-state index in [2.05, 4.69) is 29.4 Å². The molecule has 0 amide bonds. The molecule has 0 unspecified atom stereocenters. The van der Waals surface area contributed by atoms with Crippen molar-refractivity contribution in [1.29, 1.82) is 0 Å². The van der Waals surface area contributed by atoms with Gasteiger partial charge in [0.15, 0.2) is 0 Å². The van der Waals surface area contributed by atoms with Crippen LogP contribution >= 0.6 is 0 Å². The molecule has 0 fully saturated rings. The maximum atomic E-state index is 4.06. The molecule has 0 radical (unpaired) electrons. The molecule has 0 atom stereocenters. The first-order chi connectivity index (χ1) is 6.33. The minimum Gasteiger partial charge on any atom is -0.319 e. The molecule has 2 heteroatoms. The van der Waals surface area contributed by atoms with Gasteiger partial charge in [-0.25, -0.2) is 0 Å². The average molecular weight is 176 g/mol. The van der Waals surface area contributed by atoms with Crippen molar-refractivity contribution in [3.63, 3.8) is 0 Å². The van der Waals surface area contributed by atoms with Crippen LogP contribution < -0.4 is 5.32 Å². The highest BCUT2D eigenvalue weighted by Crippen LogP contribution is 2.06. The molecular formula is C11H16N2. The van der Waals surface area contributed by atoms with Gasteiger partial charge in [0.2, 0.25) is 0 Å². The largest absolute Gasteiger partial charge is 0.319 e. The van der Waals surface area contributed by atoms with E-state index in [-0.39, 0.29) is 0 Å². The maximum absolute atomic E-state index is 4.06. The topological polar surface area (TPSA) is 24.9 Å². The zero-order valence-electron chi connectivity index (χ0n) is 8.25. The number of hydrogen-bond donors (Lipinski definition) is 1. The Kier molecular flexibility index (Phi) is 4.19. The molecule has 0 spiro atoms. The fraction of sp³-hybridized carbons (Fsp3) is 0.364. The van der Waals surface area contributed by atoms with Crippen LogP contribution in [0, 0.1) is 0 Å². The number of aromatic nitrogens is 1. The molecular weight excluding hydrogens is 160 g/mol. The number of pyridine rings is 1. The Balaban J connectivity index is 2.55. The molecule has 1 N–H and O–H groups in total. The fourth-order valence-electron chi connectivity index (χ4n) is 1.14. The zero-order chi connectivity index (χ0) is 9.52. The summed E-state index contributed by atoms with van der Waals surface area (Å²) in [6, 6.07) is 4.02. The summed E-state index contributed by atoms with van der Waals surface area (Å²) in [5.74, 6) is 0. The predicted octanol–water partition coefficient (Wildman–Crippen LogP) is 2.09. The smallest absolute Gasteiger partial charge is 0.0340 e. The van der Waals surface area contributed by atoms with Gasteiger partial charge >= 0.3 is 0 Å². The van der Waals surface area contributed by atoms with Crippen LogP contribution in [0.3, 0.4) is 0 Å². The summed E-state index contributed by atoms with van der Waals surface area (Å²) in [5, 5.41) is 3.13. The quantitative estimate of drug-likeness (QED) is 0.760. The van der Waals surface area contributed by atoms with Crippen LogP contribution in [0.2, 0.25) is 0 Å². The lowest BCUT2D eigenvalue weighted by Gasteiger charge is -2.00. The van der Waals surface area contributed by atoms with Crippen LogP contribution in [-0.4, -0.2) is 18.6 Å². The summed E-state index contributed by atoms with van der Waals surface area (Å²) in [6.45, 7) is 3.17. The molecule has 0 aliphatic carbocycles. The van der Waals surface area contributed by atoms with Crippen LogP contribution in [0.4, 0.5) is 0 Å². The molecule has 1 aromatic rings. The summed E-state index contributed by atoms with van der Waals surface area (Å²) in [6.07, 6.45) is 6.93. The molecule has 0 aromatic carbocycles. The Bertz CT molecular complexity index is 265. The Morgan fingerprint density at radius 3 is 3.08 bits per heavy atom. The second kappa shape index (κ2) is 5.49. The summed E-state index contributed by atoms with van der Waals surface area (Å²) in [5.41, 5.74) is 2.55. The summed E-state index contributed by atoms with van der Waals surface area (Å²) >= 11 is 0. The van der Waals surface area contributed by atoms with E-state index in [1.807, 2.05) is 19.3 Å². The van der Waals surface area contributed by atoms with E-state index in [1.54, 1.807) is 6.20 Å². The maximum Gasteiger partial charge on any atom is 0.0340 e. The number of nitrogens with one attached hydrogen (secondary N) is 1. The first-order valence-corrected chi connectivity index (χ1v) is 4.54. The van der Waals surface area contributed by atoms with Crippen LogP contribution in [0.25, 0.3) is 6.08 Å². The van der Waals surface area contributed by atoms with E-state index in [0.29, 0.717) is 0 Å². The minimum atomic E-state index is 1.03. The normalized spacial score (nSPS) is 11.7. The van der Waals surface area contributed by atoms with Gasteiger partial charge in [0.05, 0.1) is 0 Å². The molecule has 0 aliphatic heterocycles. The number of rotatable bonds is 4. The number of nitrogens with zero attached hydrogens (tertiary/aromatic N) is 1.